The molecular formula is C18H26N6O2. The molecule has 26 heavy (non-hydrogen) atoms. The predicted octanol–water partition coefficient (Wildman–Crippen LogP) is 1.78. The summed E-state index contributed by atoms with van der Waals surface area (Å²) in [5.41, 5.74) is 2.36. The van der Waals surface area contributed by atoms with Gasteiger partial charge in [0.1, 0.15) is 12.7 Å². The second-order valence-electron chi connectivity index (χ2n) is 7.38. The molecule has 1 atom stereocenters. The first-order valence-corrected chi connectivity index (χ1v) is 9.57. The first-order valence-electron chi connectivity index (χ1n) is 9.57. The van der Waals surface area contributed by atoms with Crippen molar-refractivity contribution in [3.63, 3.8) is 0 Å². The van der Waals surface area contributed by atoms with Gasteiger partial charge in [-0.3, -0.25) is 9.58 Å². The molecule has 2 aliphatic rings. The first-order chi connectivity index (χ1) is 12.7. The van der Waals surface area contributed by atoms with Gasteiger partial charge in [-0.1, -0.05) is 6.92 Å². The SMILES string of the molecule is CCCn1nc(C(=O)O)c2c1CCC(N1CCC(n3cnnc3)CC1)C2. The van der Waals surface area contributed by atoms with E-state index in [4.69, 9.17) is 0 Å². The third kappa shape index (κ3) is 3.13. The molecule has 3 heterocycles. The molecule has 1 fully saturated rings. The van der Waals surface area contributed by atoms with Gasteiger partial charge in [-0.25, -0.2) is 4.79 Å². The number of carboxylic acids is 1. The lowest BCUT2D eigenvalue weighted by Gasteiger charge is -2.39. The molecule has 1 saturated heterocycles. The molecule has 4 rings (SSSR count). The van der Waals surface area contributed by atoms with Crippen LogP contribution in [0.5, 0.6) is 0 Å². The van der Waals surface area contributed by atoms with Crippen molar-refractivity contribution in [3.8, 4) is 0 Å². The molecule has 0 amide bonds. The highest BCUT2D eigenvalue weighted by Crippen LogP contribution is 2.31. The second kappa shape index (κ2) is 7.19. The summed E-state index contributed by atoms with van der Waals surface area (Å²) >= 11 is 0. The van der Waals surface area contributed by atoms with E-state index in [1.807, 2.05) is 4.68 Å². The quantitative estimate of drug-likeness (QED) is 0.876. The minimum absolute atomic E-state index is 0.262. The summed E-state index contributed by atoms with van der Waals surface area (Å²) in [5.74, 6) is -0.900. The van der Waals surface area contributed by atoms with Crippen molar-refractivity contribution in [2.24, 2.45) is 0 Å². The van der Waals surface area contributed by atoms with Crippen LogP contribution in [0.4, 0.5) is 0 Å². The van der Waals surface area contributed by atoms with Crippen LogP contribution in [-0.4, -0.2) is 59.7 Å². The maximum atomic E-state index is 11.6. The highest BCUT2D eigenvalue weighted by atomic mass is 16.4. The molecule has 140 valence electrons. The van der Waals surface area contributed by atoms with Crippen molar-refractivity contribution in [2.75, 3.05) is 13.1 Å². The van der Waals surface area contributed by atoms with Crippen LogP contribution in [0.2, 0.25) is 0 Å². The van der Waals surface area contributed by atoms with Crippen molar-refractivity contribution in [2.45, 2.75) is 64.1 Å². The van der Waals surface area contributed by atoms with Gasteiger partial charge in [0, 0.05) is 43.0 Å². The standard InChI is InChI=1S/C18H26N6O2/c1-2-7-24-16-4-3-14(10-15(16)17(21-24)18(25)26)22-8-5-13(6-9-22)23-11-19-20-12-23/h11-14H,2-10H2,1H3,(H,25,26). The molecule has 2 aromatic rings. The van der Waals surface area contributed by atoms with E-state index in [-0.39, 0.29) is 5.69 Å². The van der Waals surface area contributed by atoms with Gasteiger partial charge in [-0.05, 0) is 38.5 Å². The van der Waals surface area contributed by atoms with Gasteiger partial charge in [0.25, 0.3) is 0 Å². The molecule has 1 N–H and O–H groups in total. The molecule has 0 spiro atoms. The van der Waals surface area contributed by atoms with Crippen LogP contribution in [0.1, 0.15) is 60.4 Å². The van der Waals surface area contributed by atoms with Gasteiger partial charge in [0.15, 0.2) is 5.69 Å². The maximum absolute atomic E-state index is 11.6. The Labute approximate surface area is 152 Å². The predicted molar refractivity (Wildman–Crippen MR) is 95.2 cm³/mol. The average molecular weight is 358 g/mol. The number of aryl methyl sites for hydroxylation is 1. The van der Waals surface area contributed by atoms with E-state index >= 15 is 0 Å². The fraction of sp³-hybridized carbons (Fsp3) is 0.667. The highest BCUT2D eigenvalue weighted by molar-refractivity contribution is 5.87. The number of hydrogen-bond acceptors (Lipinski definition) is 5. The van der Waals surface area contributed by atoms with Gasteiger partial charge in [0.05, 0.1) is 0 Å². The topological polar surface area (TPSA) is 89.1 Å². The molecule has 0 aromatic carbocycles. The number of piperidine rings is 1. The number of aromatic carboxylic acids is 1. The number of rotatable bonds is 5. The molecule has 0 saturated carbocycles. The van der Waals surface area contributed by atoms with Gasteiger partial charge in [0.2, 0.25) is 0 Å². The van der Waals surface area contributed by atoms with Crippen LogP contribution < -0.4 is 0 Å². The Kier molecular flexibility index (Phi) is 4.76. The van der Waals surface area contributed by atoms with Crippen LogP contribution in [0, 0.1) is 0 Å². The van der Waals surface area contributed by atoms with Gasteiger partial charge < -0.3 is 9.67 Å². The van der Waals surface area contributed by atoms with Crippen LogP contribution in [0.25, 0.3) is 0 Å². The summed E-state index contributed by atoms with van der Waals surface area (Å²) in [4.78, 5) is 14.2. The molecule has 1 aliphatic heterocycles. The summed E-state index contributed by atoms with van der Waals surface area (Å²) in [6.45, 7) is 4.97. The van der Waals surface area contributed by atoms with E-state index in [0.717, 1.165) is 69.4 Å². The maximum Gasteiger partial charge on any atom is 0.356 e. The Hall–Kier alpha value is -2.22. The second-order valence-corrected chi connectivity index (χ2v) is 7.38. The van der Waals surface area contributed by atoms with Crippen molar-refractivity contribution in [1.29, 1.82) is 0 Å². The van der Waals surface area contributed by atoms with Crippen LogP contribution in [-0.2, 0) is 19.4 Å². The Morgan fingerprint density at radius 3 is 2.58 bits per heavy atom. The number of carbonyl (C=O) groups is 1. The summed E-state index contributed by atoms with van der Waals surface area (Å²) in [6.07, 6.45) is 9.54. The Morgan fingerprint density at radius 2 is 1.92 bits per heavy atom. The van der Waals surface area contributed by atoms with Crippen LogP contribution in [0.3, 0.4) is 0 Å². The monoisotopic (exact) mass is 358 g/mol. The summed E-state index contributed by atoms with van der Waals surface area (Å²) in [6, 6.07) is 0.893. The third-order valence-electron chi connectivity index (χ3n) is 5.83. The molecule has 1 aliphatic carbocycles. The lowest BCUT2D eigenvalue weighted by Crippen LogP contribution is -2.44. The van der Waals surface area contributed by atoms with Gasteiger partial charge in [-0.2, -0.15) is 5.10 Å². The molecule has 2 aromatic heterocycles. The largest absolute Gasteiger partial charge is 0.476 e. The fourth-order valence-electron chi connectivity index (χ4n) is 4.50. The molecule has 1 unspecified atom stereocenters. The number of aromatic nitrogens is 5. The van der Waals surface area contributed by atoms with E-state index in [1.165, 1.54) is 0 Å². The van der Waals surface area contributed by atoms with Crippen molar-refractivity contribution in [3.05, 3.63) is 29.6 Å². The zero-order valence-electron chi connectivity index (χ0n) is 15.2. The molecule has 0 bridgehead atoms. The smallest absolute Gasteiger partial charge is 0.356 e. The van der Waals surface area contributed by atoms with E-state index in [1.54, 1.807) is 12.7 Å². The van der Waals surface area contributed by atoms with Crippen molar-refractivity contribution >= 4 is 5.97 Å². The van der Waals surface area contributed by atoms with Crippen LogP contribution >= 0.6 is 0 Å². The zero-order valence-corrected chi connectivity index (χ0v) is 15.2. The fourth-order valence-corrected chi connectivity index (χ4v) is 4.50. The van der Waals surface area contributed by atoms with E-state index in [0.29, 0.717) is 12.1 Å². The Morgan fingerprint density at radius 1 is 1.19 bits per heavy atom. The lowest BCUT2D eigenvalue weighted by molar-refractivity contribution is 0.0686. The van der Waals surface area contributed by atoms with Gasteiger partial charge in [-0.15, -0.1) is 10.2 Å². The highest BCUT2D eigenvalue weighted by Gasteiger charge is 2.33. The van der Waals surface area contributed by atoms with Gasteiger partial charge >= 0.3 is 5.97 Å². The summed E-state index contributed by atoms with van der Waals surface area (Å²) in [5, 5.41) is 21.8. The number of likely N-dealkylation sites (tertiary alicyclic amines) is 1. The minimum atomic E-state index is -0.900. The van der Waals surface area contributed by atoms with Crippen LogP contribution in [0.15, 0.2) is 12.7 Å². The Balaban J connectivity index is 1.46. The van der Waals surface area contributed by atoms with Crippen molar-refractivity contribution < 1.29 is 9.90 Å². The number of nitrogens with zero attached hydrogens (tertiary/aromatic N) is 6. The third-order valence-corrected chi connectivity index (χ3v) is 5.83. The molecule has 8 nitrogen and oxygen atoms in total. The minimum Gasteiger partial charge on any atom is -0.476 e. The van der Waals surface area contributed by atoms with E-state index in [2.05, 4.69) is 31.7 Å². The van der Waals surface area contributed by atoms with E-state index < -0.39 is 5.97 Å². The van der Waals surface area contributed by atoms with Crippen molar-refractivity contribution in [1.82, 2.24) is 29.4 Å². The summed E-state index contributed by atoms with van der Waals surface area (Å²) < 4.78 is 4.03. The number of hydrogen-bond donors (Lipinski definition) is 1. The van der Waals surface area contributed by atoms with E-state index in [9.17, 15) is 9.90 Å². The number of carboxylic acid groups (broad SMARTS) is 1. The molecule has 0 radical (unpaired) electrons. The molecule has 8 heteroatoms. The first kappa shape index (κ1) is 17.2. The summed E-state index contributed by atoms with van der Waals surface area (Å²) in [7, 11) is 0. The normalized spacial score (nSPS) is 21.7. The lowest BCUT2D eigenvalue weighted by atomic mass is 9.89. The number of fused-ring (bicyclic) bond motifs is 1. The Bertz CT molecular complexity index is 761. The average Bonchev–Trinajstić information content (AvgIpc) is 3.30. The zero-order chi connectivity index (χ0) is 18.1. The molecular weight excluding hydrogens is 332 g/mol.